The summed E-state index contributed by atoms with van der Waals surface area (Å²) < 4.78 is 32.4. The van der Waals surface area contributed by atoms with Gasteiger partial charge in [-0.2, -0.15) is 4.31 Å². The number of carbonyl (C=O) groups is 1. The number of nitrogens with zero attached hydrogens (tertiary/aromatic N) is 2. The maximum Gasteiger partial charge on any atom is 0.257 e. The van der Waals surface area contributed by atoms with Crippen molar-refractivity contribution in [2.24, 2.45) is 0 Å². The second-order valence-corrected chi connectivity index (χ2v) is 8.77. The maximum atomic E-state index is 12.9. The highest BCUT2D eigenvalue weighted by molar-refractivity contribution is 7.89. The monoisotopic (exact) mass is 366 g/mol. The molecule has 1 aliphatic carbocycles. The molecule has 6 nitrogen and oxygen atoms in total. The van der Waals surface area contributed by atoms with E-state index in [1.165, 1.54) is 23.5 Å². The van der Waals surface area contributed by atoms with Crippen molar-refractivity contribution in [2.45, 2.75) is 49.5 Å². The van der Waals surface area contributed by atoms with Crippen LogP contribution in [0, 0.1) is 0 Å². The van der Waals surface area contributed by atoms with Crippen molar-refractivity contribution in [3.05, 3.63) is 23.8 Å². The van der Waals surface area contributed by atoms with Gasteiger partial charge in [0.2, 0.25) is 10.0 Å². The largest absolute Gasteiger partial charge is 0.496 e. The minimum absolute atomic E-state index is 0.165. The zero-order chi connectivity index (χ0) is 18.0. The Kier molecular flexibility index (Phi) is 5.34. The molecule has 1 saturated carbocycles. The van der Waals surface area contributed by atoms with E-state index in [2.05, 4.69) is 0 Å². The summed E-state index contributed by atoms with van der Waals surface area (Å²) in [6, 6.07) is 4.80. The Bertz CT molecular complexity index is 735. The maximum absolute atomic E-state index is 12.9. The van der Waals surface area contributed by atoms with Gasteiger partial charge >= 0.3 is 0 Å². The number of hydrogen-bond acceptors (Lipinski definition) is 4. The van der Waals surface area contributed by atoms with E-state index in [9.17, 15) is 13.2 Å². The average Bonchev–Trinajstić information content (AvgIpc) is 3.33. The van der Waals surface area contributed by atoms with Crippen LogP contribution in [-0.4, -0.2) is 56.8 Å². The molecule has 1 aromatic rings. The van der Waals surface area contributed by atoms with E-state index in [4.69, 9.17) is 4.74 Å². The minimum Gasteiger partial charge on any atom is -0.496 e. The standard InChI is InChI=1S/C18H26N2O4S/c1-19(14-7-3-4-8-14)18(21)16-13-15(9-10-17(16)24-2)25(22,23)20-11-5-6-12-20/h9-10,13-14H,3-8,11-12H2,1-2H3. The molecule has 138 valence electrons. The lowest BCUT2D eigenvalue weighted by molar-refractivity contribution is 0.0731. The Morgan fingerprint density at radius 1 is 1.16 bits per heavy atom. The molecule has 0 bridgehead atoms. The molecule has 3 rings (SSSR count). The van der Waals surface area contributed by atoms with Gasteiger partial charge in [-0.1, -0.05) is 12.8 Å². The van der Waals surface area contributed by atoms with E-state index in [1.807, 2.05) is 0 Å². The van der Waals surface area contributed by atoms with Crippen LogP contribution in [0.1, 0.15) is 48.9 Å². The molecule has 1 aliphatic heterocycles. The molecule has 2 fully saturated rings. The Morgan fingerprint density at radius 3 is 2.40 bits per heavy atom. The van der Waals surface area contributed by atoms with Crippen LogP contribution in [0.2, 0.25) is 0 Å². The Labute approximate surface area is 149 Å². The zero-order valence-electron chi connectivity index (χ0n) is 14.9. The molecule has 1 saturated heterocycles. The highest BCUT2D eigenvalue weighted by Gasteiger charge is 2.30. The third-order valence-electron chi connectivity index (χ3n) is 5.30. The summed E-state index contributed by atoms with van der Waals surface area (Å²) in [5.74, 6) is 0.234. The van der Waals surface area contributed by atoms with Gasteiger partial charge in [-0.25, -0.2) is 8.42 Å². The van der Waals surface area contributed by atoms with Crippen molar-refractivity contribution in [3.8, 4) is 5.75 Å². The van der Waals surface area contributed by atoms with Gasteiger partial charge in [0, 0.05) is 26.2 Å². The van der Waals surface area contributed by atoms with Crippen LogP contribution in [0.5, 0.6) is 5.75 Å². The fourth-order valence-corrected chi connectivity index (χ4v) is 5.28. The van der Waals surface area contributed by atoms with E-state index in [-0.39, 0.29) is 16.8 Å². The molecule has 1 aromatic carbocycles. The molecule has 7 heteroatoms. The quantitative estimate of drug-likeness (QED) is 0.803. The first kappa shape index (κ1) is 18.2. The average molecular weight is 366 g/mol. The van der Waals surface area contributed by atoms with E-state index in [0.29, 0.717) is 24.4 Å². The second-order valence-electron chi connectivity index (χ2n) is 6.83. The molecule has 0 aromatic heterocycles. The van der Waals surface area contributed by atoms with Gasteiger partial charge in [0.25, 0.3) is 5.91 Å². The number of methoxy groups -OCH3 is 1. The zero-order valence-corrected chi connectivity index (χ0v) is 15.7. The van der Waals surface area contributed by atoms with Crippen LogP contribution in [0.15, 0.2) is 23.1 Å². The normalized spacial score (nSPS) is 19.3. The van der Waals surface area contributed by atoms with Crippen LogP contribution in [0.3, 0.4) is 0 Å². The van der Waals surface area contributed by atoms with Crippen molar-refractivity contribution < 1.29 is 17.9 Å². The number of benzene rings is 1. The lowest BCUT2D eigenvalue weighted by atomic mass is 10.1. The fraction of sp³-hybridized carbons (Fsp3) is 0.611. The summed E-state index contributed by atoms with van der Waals surface area (Å²) in [6.45, 7) is 1.08. The van der Waals surface area contributed by atoms with E-state index >= 15 is 0 Å². The molecule has 1 heterocycles. The van der Waals surface area contributed by atoms with Crippen LogP contribution in [0.4, 0.5) is 0 Å². The number of sulfonamides is 1. The highest BCUT2D eigenvalue weighted by atomic mass is 32.2. The minimum atomic E-state index is -3.56. The Morgan fingerprint density at radius 2 is 1.80 bits per heavy atom. The molecule has 0 atom stereocenters. The lowest BCUT2D eigenvalue weighted by Crippen LogP contribution is -2.35. The first-order valence-electron chi connectivity index (χ1n) is 8.90. The first-order chi connectivity index (χ1) is 11.9. The van der Waals surface area contributed by atoms with Gasteiger partial charge in [0.15, 0.2) is 0 Å². The predicted octanol–water partition coefficient (Wildman–Crippen LogP) is 2.49. The van der Waals surface area contributed by atoms with Gasteiger partial charge in [0.05, 0.1) is 17.6 Å². The number of carbonyl (C=O) groups excluding carboxylic acids is 1. The van der Waals surface area contributed by atoms with Crippen LogP contribution >= 0.6 is 0 Å². The van der Waals surface area contributed by atoms with Crippen LogP contribution in [0.25, 0.3) is 0 Å². The molecular weight excluding hydrogens is 340 g/mol. The summed E-state index contributed by atoms with van der Waals surface area (Å²) in [7, 11) is -0.270. The smallest absolute Gasteiger partial charge is 0.257 e. The third kappa shape index (κ3) is 3.53. The SMILES string of the molecule is COc1ccc(S(=O)(=O)N2CCCC2)cc1C(=O)N(C)C1CCCC1. The number of hydrogen-bond donors (Lipinski definition) is 0. The van der Waals surface area contributed by atoms with E-state index < -0.39 is 10.0 Å². The summed E-state index contributed by atoms with van der Waals surface area (Å²) >= 11 is 0. The van der Waals surface area contributed by atoms with Crippen molar-refractivity contribution in [3.63, 3.8) is 0 Å². The summed E-state index contributed by atoms with van der Waals surface area (Å²) in [5, 5.41) is 0. The van der Waals surface area contributed by atoms with Gasteiger partial charge < -0.3 is 9.64 Å². The molecule has 1 amide bonds. The third-order valence-corrected chi connectivity index (χ3v) is 7.19. The Hall–Kier alpha value is -1.60. The first-order valence-corrected chi connectivity index (χ1v) is 10.3. The molecule has 0 radical (unpaired) electrons. The predicted molar refractivity (Wildman–Crippen MR) is 95.3 cm³/mol. The molecule has 0 spiro atoms. The molecule has 0 N–H and O–H groups in total. The summed E-state index contributed by atoms with van der Waals surface area (Å²) in [4.78, 5) is 14.8. The van der Waals surface area contributed by atoms with Crippen molar-refractivity contribution in [2.75, 3.05) is 27.2 Å². The number of amides is 1. The summed E-state index contributed by atoms with van der Waals surface area (Å²) in [5.41, 5.74) is 0.317. The molecular formula is C18H26N2O4S. The van der Waals surface area contributed by atoms with Crippen molar-refractivity contribution in [1.29, 1.82) is 0 Å². The van der Waals surface area contributed by atoms with Crippen LogP contribution in [-0.2, 0) is 10.0 Å². The Balaban J connectivity index is 1.93. The topological polar surface area (TPSA) is 66.9 Å². The number of ether oxygens (including phenoxy) is 1. The molecule has 2 aliphatic rings. The highest BCUT2D eigenvalue weighted by Crippen LogP contribution is 2.29. The van der Waals surface area contributed by atoms with Crippen molar-refractivity contribution in [1.82, 2.24) is 9.21 Å². The van der Waals surface area contributed by atoms with Gasteiger partial charge in [-0.05, 0) is 43.9 Å². The lowest BCUT2D eigenvalue weighted by Gasteiger charge is -2.25. The summed E-state index contributed by atoms with van der Waals surface area (Å²) in [6.07, 6.45) is 6.01. The van der Waals surface area contributed by atoms with Gasteiger partial charge in [0.1, 0.15) is 5.75 Å². The van der Waals surface area contributed by atoms with Gasteiger partial charge in [-0.15, -0.1) is 0 Å². The molecule has 0 unspecified atom stereocenters. The second kappa shape index (κ2) is 7.33. The fourth-order valence-electron chi connectivity index (χ4n) is 3.74. The molecule has 25 heavy (non-hydrogen) atoms. The van der Waals surface area contributed by atoms with Crippen LogP contribution < -0.4 is 4.74 Å². The van der Waals surface area contributed by atoms with E-state index in [1.54, 1.807) is 18.0 Å². The number of rotatable bonds is 5. The van der Waals surface area contributed by atoms with Gasteiger partial charge in [-0.3, -0.25) is 4.79 Å². The van der Waals surface area contributed by atoms with E-state index in [0.717, 1.165) is 38.5 Å². The van der Waals surface area contributed by atoms with Crippen molar-refractivity contribution >= 4 is 15.9 Å².